The first-order valence-electron chi connectivity index (χ1n) is 5.26. The summed E-state index contributed by atoms with van der Waals surface area (Å²) in [7, 11) is 0. The maximum Gasteiger partial charge on any atom is 0.188 e. The molecule has 0 atom stereocenters. The number of hydrogen-bond acceptors (Lipinski definition) is 6. The predicted molar refractivity (Wildman–Crippen MR) is 70.5 cm³/mol. The summed E-state index contributed by atoms with van der Waals surface area (Å²) in [5.41, 5.74) is 6.80. The summed E-state index contributed by atoms with van der Waals surface area (Å²) in [6.07, 6.45) is 3.15. The summed E-state index contributed by atoms with van der Waals surface area (Å²) < 4.78 is 0. The van der Waals surface area contributed by atoms with E-state index in [0.717, 1.165) is 10.8 Å². The molecule has 0 spiro atoms. The van der Waals surface area contributed by atoms with Crippen LogP contribution in [0.3, 0.4) is 0 Å². The summed E-state index contributed by atoms with van der Waals surface area (Å²) >= 11 is 1.53. The van der Waals surface area contributed by atoms with E-state index in [1.807, 2.05) is 5.38 Å². The third-order valence-electron chi connectivity index (χ3n) is 2.22. The molecule has 0 unspecified atom stereocenters. The number of nitrogen functional groups attached to an aromatic ring is 1. The Hall–Kier alpha value is -1.69. The molecule has 0 aliphatic carbocycles. The van der Waals surface area contributed by atoms with E-state index in [0.29, 0.717) is 11.6 Å². The predicted octanol–water partition coefficient (Wildman–Crippen LogP) is 2.56. The molecule has 0 fully saturated rings. The zero-order valence-electron chi connectivity index (χ0n) is 10.1. The van der Waals surface area contributed by atoms with E-state index < -0.39 is 0 Å². The van der Waals surface area contributed by atoms with Gasteiger partial charge in [-0.2, -0.15) is 0 Å². The number of hydrogen-bond donors (Lipinski definition) is 2. The normalized spacial score (nSPS) is 11.5. The van der Waals surface area contributed by atoms with E-state index in [2.05, 4.69) is 41.0 Å². The molecule has 2 heterocycles. The SMILES string of the molecule is CC(C)(C)c1csc(Nc2nccnc2N)n1. The highest BCUT2D eigenvalue weighted by Crippen LogP contribution is 2.28. The highest BCUT2D eigenvalue weighted by atomic mass is 32.1. The van der Waals surface area contributed by atoms with Crippen LogP contribution in [-0.4, -0.2) is 15.0 Å². The Labute approximate surface area is 104 Å². The topological polar surface area (TPSA) is 76.7 Å². The smallest absolute Gasteiger partial charge is 0.188 e. The van der Waals surface area contributed by atoms with Crippen molar-refractivity contribution in [1.82, 2.24) is 15.0 Å². The van der Waals surface area contributed by atoms with Crippen LogP contribution in [0, 0.1) is 0 Å². The molecule has 0 aromatic carbocycles. The van der Waals surface area contributed by atoms with E-state index in [9.17, 15) is 0 Å². The third kappa shape index (κ3) is 2.71. The highest BCUT2D eigenvalue weighted by Gasteiger charge is 2.17. The second kappa shape index (κ2) is 4.29. The van der Waals surface area contributed by atoms with Gasteiger partial charge in [-0.15, -0.1) is 11.3 Å². The third-order valence-corrected chi connectivity index (χ3v) is 2.98. The van der Waals surface area contributed by atoms with Crippen LogP contribution >= 0.6 is 11.3 Å². The fourth-order valence-corrected chi connectivity index (χ4v) is 2.16. The lowest BCUT2D eigenvalue weighted by Gasteiger charge is -2.14. The summed E-state index contributed by atoms with van der Waals surface area (Å²) in [5, 5.41) is 5.89. The second-order valence-electron chi connectivity index (χ2n) is 4.70. The Morgan fingerprint density at radius 3 is 2.53 bits per heavy atom. The number of aromatic nitrogens is 3. The van der Waals surface area contributed by atoms with Gasteiger partial charge >= 0.3 is 0 Å². The first-order chi connectivity index (χ1) is 7.97. The van der Waals surface area contributed by atoms with E-state index in [4.69, 9.17) is 5.73 Å². The molecule has 3 N–H and O–H groups in total. The lowest BCUT2D eigenvalue weighted by atomic mass is 9.93. The molecule has 0 saturated heterocycles. The molecule has 2 aromatic heterocycles. The van der Waals surface area contributed by atoms with Gasteiger partial charge in [-0.1, -0.05) is 20.8 Å². The van der Waals surface area contributed by atoms with E-state index in [-0.39, 0.29) is 5.41 Å². The molecule has 2 aromatic rings. The summed E-state index contributed by atoms with van der Waals surface area (Å²) in [6.45, 7) is 6.38. The number of rotatable bonds is 2. The minimum Gasteiger partial charge on any atom is -0.381 e. The molecule has 2 rings (SSSR count). The van der Waals surface area contributed by atoms with Crippen molar-refractivity contribution < 1.29 is 0 Å². The molecule has 0 aliphatic rings. The first kappa shape index (κ1) is 11.8. The molecule has 5 nitrogen and oxygen atoms in total. The zero-order valence-corrected chi connectivity index (χ0v) is 10.9. The molecule has 0 aliphatic heterocycles. The second-order valence-corrected chi connectivity index (χ2v) is 5.56. The molecule has 0 bridgehead atoms. The Morgan fingerprint density at radius 1 is 1.24 bits per heavy atom. The molecular formula is C11H15N5S. The lowest BCUT2D eigenvalue weighted by molar-refractivity contribution is 0.573. The van der Waals surface area contributed by atoms with Crippen LogP contribution in [0.4, 0.5) is 16.8 Å². The Balaban J connectivity index is 2.21. The highest BCUT2D eigenvalue weighted by molar-refractivity contribution is 7.13. The van der Waals surface area contributed by atoms with Crippen molar-refractivity contribution in [2.24, 2.45) is 0 Å². The van der Waals surface area contributed by atoms with Gasteiger partial charge in [0.2, 0.25) is 0 Å². The molecule has 90 valence electrons. The van der Waals surface area contributed by atoms with Crippen LogP contribution in [0.15, 0.2) is 17.8 Å². The van der Waals surface area contributed by atoms with Crippen molar-refractivity contribution in [2.45, 2.75) is 26.2 Å². The van der Waals surface area contributed by atoms with Gasteiger partial charge in [-0.25, -0.2) is 15.0 Å². The van der Waals surface area contributed by atoms with Gasteiger partial charge in [0.25, 0.3) is 0 Å². The lowest BCUT2D eigenvalue weighted by Crippen LogP contribution is -2.11. The van der Waals surface area contributed by atoms with E-state index in [1.54, 1.807) is 12.4 Å². The molecule has 0 amide bonds. The van der Waals surface area contributed by atoms with Crippen molar-refractivity contribution >= 4 is 28.1 Å². The van der Waals surface area contributed by atoms with Gasteiger partial charge in [0, 0.05) is 23.2 Å². The van der Waals surface area contributed by atoms with E-state index >= 15 is 0 Å². The Kier molecular flexibility index (Phi) is 2.97. The molecular weight excluding hydrogens is 234 g/mol. The van der Waals surface area contributed by atoms with Crippen LogP contribution in [0.2, 0.25) is 0 Å². The molecule has 0 radical (unpaired) electrons. The number of nitrogens with zero attached hydrogens (tertiary/aromatic N) is 3. The number of nitrogens with two attached hydrogens (primary N) is 1. The Morgan fingerprint density at radius 2 is 1.94 bits per heavy atom. The fraction of sp³-hybridized carbons (Fsp3) is 0.364. The number of thiazole rings is 1. The standard InChI is InChI=1S/C11H15N5S/c1-11(2,3)7-6-17-10(15-7)16-9-8(12)13-4-5-14-9/h4-6H,1-3H3,(H2,12,13)(H,14,15,16). The minimum absolute atomic E-state index is 0.0460. The van der Waals surface area contributed by atoms with Crippen LogP contribution < -0.4 is 11.1 Å². The summed E-state index contributed by atoms with van der Waals surface area (Å²) in [5.74, 6) is 0.919. The summed E-state index contributed by atoms with van der Waals surface area (Å²) in [4.78, 5) is 12.6. The van der Waals surface area contributed by atoms with Crippen LogP contribution in [-0.2, 0) is 5.41 Å². The van der Waals surface area contributed by atoms with Gasteiger partial charge in [0.15, 0.2) is 16.8 Å². The Bertz CT molecular complexity index is 515. The van der Waals surface area contributed by atoms with E-state index in [1.165, 1.54) is 11.3 Å². The van der Waals surface area contributed by atoms with Gasteiger partial charge in [-0.3, -0.25) is 0 Å². The number of nitrogens with one attached hydrogen (secondary N) is 1. The van der Waals surface area contributed by atoms with Gasteiger partial charge in [-0.05, 0) is 0 Å². The number of anilines is 3. The maximum atomic E-state index is 5.70. The van der Waals surface area contributed by atoms with Crippen molar-refractivity contribution in [1.29, 1.82) is 0 Å². The van der Waals surface area contributed by atoms with Crippen LogP contribution in [0.1, 0.15) is 26.5 Å². The van der Waals surface area contributed by atoms with Crippen LogP contribution in [0.5, 0.6) is 0 Å². The molecule has 0 saturated carbocycles. The van der Waals surface area contributed by atoms with Crippen LogP contribution in [0.25, 0.3) is 0 Å². The van der Waals surface area contributed by atoms with Gasteiger partial charge in [0.1, 0.15) is 0 Å². The average molecular weight is 249 g/mol. The largest absolute Gasteiger partial charge is 0.381 e. The quantitative estimate of drug-likeness (QED) is 0.855. The van der Waals surface area contributed by atoms with Crippen molar-refractivity contribution in [3.63, 3.8) is 0 Å². The van der Waals surface area contributed by atoms with Crippen molar-refractivity contribution in [3.8, 4) is 0 Å². The monoisotopic (exact) mass is 249 g/mol. The van der Waals surface area contributed by atoms with Crippen molar-refractivity contribution in [2.75, 3.05) is 11.1 Å². The summed E-state index contributed by atoms with van der Waals surface area (Å²) in [6, 6.07) is 0. The fourth-order valence-electron chi connectivity index (χ4n) is 1.22. The first-order valence-corrected chi connectivity index (χ1v) is 6.14. The van der Waals surface area contributed by atoms with Gasteiger partial charge < -0.3 is 11.1 Å². The minimum atomic E-state index is 0.0460. The molecule has 6 heteroatoms. The van der Waals surface area contributed by atoms with Gasteiger partial charge in [0.05, 0.1) is 5.69 Å². The zero-order chi connectivity index (χ0) is 12.5. The average Bonchev–Trinajstić information content (AvgIpc) is 2.69. The maximum absolute atomic E-state index is 5.70. The molecule has 17 heavy (non-hydrogen) atoms. The van der Waals surface area contributed by atoms with Crippen molar-refractivity contribution in [3.05, 3.63) is 23.5 Å².